The second-order valence-electron chi connectivity index (χ2n) is 7.31. The van der Waals surface area contributed by atoms with E-state index in [1.54, 1.807) is 14.2 Å². The summed E-state index contributed by atoms with van der Waals surface area (Å²) in [7, 11) is 5.44. The first-order valence-electron chi connectivity index (χ1n) is 9.51. The minimum atomic E-state index is -0.736. The molecular formula is C18H35FN2O4S. The Labute approximate surface area is 162 Å². The molecule has 0 N–H and O–H groups in total. The van der Waals surface area contributed by atoms with Gasteiger partial charge in [-0.2, -0.15) is 0 Å². The van der Waals surface area contributed by atoms with E-state index < -0.39 is 6.17 Å². The van der Waals surface area contributed by atoms with E-state index in [0.717, 1.165) is 32.5 Å². The Hall–Kier alpha value is 0.0400. The van der Waals surface area contributed by atoms with Gasteiger partial charge in [0.05, 0.1) is 25.9 Å². The zero-order valence-corrected chi connectivity index (χ0v) is 17.2. The molecule has 2 aliphatic heterocycles. The summed E-state index contributed by atoms with van der Waals surface area (Å²) < 4.78 is 35.6. The van der Waals surface area contributed by atoms with Crippen molar-refractivity contribution < 1.29 is 23.3 Å². The lowest BCUT2D eigenvalue weighted by atomic mass is 10.2. The van der Waals surface area contributed by atoms with Crippen LogP contribution >= 0.6 is 12.6 Å². The fourth-order valence-electron chi connectivity index (χ4n) is 3.73. The van der Waals surface area contributed by atoms with Crippen molar-refractivity contribution in [2.75, 3.05) is 67.3 Å². The van der Waals surface area contributed by atoms with E-state index in [0.29, 0.717) is 38.8 Å². The largest absolute Gasteiger partial charge is 0.383 e. The van der Waals surface area contributed by atoms with Crippen molar-refractivity contribution in [1.29, 1.82) is 0 Å². The van der Waals surface area contributed by atoms with E-state index in [1.165, 1.54) is 0 Å². The number of hydrogen-bond donors (Lipinski definition) is 1. The number of likely N-dealkylation sites (tertiary alicyclic amines) is 2. The van der Waals surface area contributed by atoms with Crippen LogP contribution in [-0.4, -0.2) is 107 Å². The molecule has 0 saturated carbocycles. The summed E-state index contributed by atoms with van der Waals surface area (Å²) in [4.78, 5) is 4.39. The molecule has 154 valence electrons. The normalized spacial score (nSPS) is 31.7. The van der Waals surface area contributed by atoms with Crippen molar-refractivity contribution in [3.63, 3.8) is 0 Å². The van der Waals surface area contributed by atoms with Gasteiger partial charge in [0.1, 0.15) is 11.6 Å². The molecule has 8 heteroatoms. The molecule has 0 aromatic heterocycles. The number of halogens is 1. The molecular weight excluding hydrogens is 359 g/mol. The SMILES string of the molecule is COC[C@@H]1C[C@@H](OC)CN1CCOCCC(S)OC[C@@H]1C[C@H](F)CN1C. The van der Waals surface area contributed by atoms with Gasteiger partial charge in [-0.25, -0.2) is 4.39 Å². The summed E-state index contributed by atoms with van der Waals surface area (Å²) >= 11 is 4.45. The van der Waals surface area contributed by atoms with Crippen LogP contribution in [0.3, 0.4) is 0 Å². The average Bonchev–Trinajstić information content (AvgIpc) is 3.15. The summed E-state index contributed by atoms with van der Waals surface area (Å²) in [5, 5.41) is 0. The van der Waals surface area contributed by atoms with Crippen LogP contribution in [0.4, 0.5) is 4.39 Å². The van der Waals surface area contributed by atoms with E-state index >= 15 is 0 Å². The van der Waals surface area contributed by atoms with Gasteiger partial charge < -0.3 is 18.9 Å². The summed E-state index contributed by atoms with van der Waals surface area (Å²) in [6.45, 7) is 4.83. The maximum Gasteiger partial charge on any atom is 0.114 e. The number of rotatable bonds is 12. The van der Waals surface area contributed by atoms with Crippen LogP contribution in [0.15, 0.2) is 0 Å². The Morgan fingerprint density at radius 2 is 1.92 bits per heavy atom. The van der Waals surface area contributed by atoms with Crippen LogP contribution in [0.5, 0.6) is 0 Å². The van der Waals surface area contributed by atoms with Crippen molar-refractivity contribution >= 4 is 12.6 Å². The molecule has 0 radical (unpaired) electrons. The number of ether oxygens (including phenoxy) is 4. The Bertz CT molecular complexity index is 396. The molecule has 0 aliphatic carbocycles. The number of methoxy groups -OCH3 is 2. The van der Waals surface area contributed by atoms with E-state index in [1.807, 2.05) is 11.9 Å². The number of nitrogens with zero attached hydrogens (tertiary/aromatic N) is 2. The lowest BCUT2D eigenvalue weighted by Gasteiger charge is -2.23. The summed E-state index contributed by atoms with van der Waals surface area (Å²) in [6.07, 6.45) is 1.82. The number of thiol groups is 1. The summed E-state index contributed by atoms with van der Waals surface area (Å²) in [5.41, 5.74) is -0.173. The molecule has 2 fully saturated rings. The second-order valence-corrected chi connectivity index (χ2v) is 7.89. The average molecular weight is 395 g/mol. The molecule has 0 aromatic carbocycles. The molecule has 26 heavy (non-hydrogen) atoms. The van der Waals surface area contributed by atoms with Gasteiger partial charge in [0.25, 0.3) is 0 Å². The highest BCUT2D eigenvalue weighted by Crippen LogP contribution is 2.21. The standard InChI is InChI=1S/C18H35FN2O4S/c1-20-10-14(19)8-15(20)13-25-18(26)4-6-24-7-5-21-11-17(23-3)9-16(21)12-22-2/h14-18,26H,4-13H2,1-3H3/t14-,15-,16-,17+,18?/m0/s1. The van der Waals surface area contributed by atoms with Gasteiger partial charge in [-0.3, -0.25) is 9.80 Å². The lowest BCUT2D eigenvalue weighted by molar-refractivity contribution is 0.0344. The highest BCUT2D eigenvalue weighted by Gasteiger charge is 2.32. The quantitative estimate of drug-likeness (QED) is 0.307. The van der Waals surface area contributed by atoms with Gasteiger partial charge in [-0.15, -0.1) is 12.6 Å². The number of likely N-dealkylation sites (N-methyl/N-ethyl adjacent to an activating group) is 1. The highest BCUT2D eigenvalue weighted by atomic mass is 32.1. The van der Waals surface area contributed by atoms with Gasteiger partial charge in [0.2, 0.25) is 0 Å². The molecule has 0 bridgehead atoms. The Morgan fingerprint density at radius 3 is 2.58 bits per heavy atom. The molecule has 2 saturated heterocycles. The second kappa shape index (κ2) is 11.8. The van der Waals surface area contributed by atoms with Crippen LogP contribution in [0.2, 0.25) is 0 Å². The highest BCUT2D eigenvalue weighted by molar-refractivity contribution is 7.80. The third-order valence-electron chi connectivity index (χ3n) is 5.33. The topological polar surface area (TPSA) is 43.4 Å². The third-order valence-corrected chi connectivity index (χ3v) is 5.74. The maximum atomic E-state index is 13.3. The third kappa shape index (κ3) is 7.22. The molecule has 0 spiro atoms. The zero-order valence-electron chi connectivity index (χ0n) is 16.3. The fraction of sp³-hybridized carbons (Fsp3) is 1.00. The zero-order chi connectivity index (χ0) is 18.9. The minimum absolute atomic E-state index is 0.155. The number of hydrogen-bond acceptors (Lipinski definition) is 7. The van der Waals surface area contributed by atoms with Crippen molar-refractivity contribution in [3.8, 4) is 0 Å². The van der Waals surface area contributed by atoms with Crippen LogP contribution in [0, 0.1) is 0 Å². The molecule has 2 rings (SSSR count). The lowest BCUT2D eigenvalue weighted by Crippen LogP contribution is -2.36. The van der Waals surface area contributed by atoms with Crippen molar-refractivity contribution in [3.05, 3.63) is 0 Å². The van der Waals surface area contributed by atoms with Crippen molar-refractivity contribution in [2.45, 2.75) is 49.1 Å². The van der Waals surface area contributed by atoms with Crippen molar-refractivity contribution in [2.24, 2.45) is 0 Å². The Kier molecular flexibility index (Phi) is 10.1. The summed E-state index contributed by atoms with van der Waals surface area (Å²) in [5.74, 6) is 0. The molecule has 1 unspecified atom stereocenters. The van der Waals surface area contributed by atoms with E-state index in [-0.39, 0.29) is 17.6 Å². The molecule has 0 amide bonds. The van der Waals surface area contributed by atoms with Crippen molar-refractivity contribution in [1.82, 2.24) is 9.80 Å². The first kappa shape index (κ1) is 22.3. The predicted octanol–water partition coefficient (Wildman–Crippen LogP) is 1.44. The monoisotopic (exact) mass is 394 g/mol. The minimum Gasteiger partial charge on any atom is -0.383 e. The molecule has 5 atom stereocenters. The van der Waals surface area contributed by atoms with E-state index in [4.69, 9.17) is 18.9 Å². The van der Waals surface area contributed by atoms with Crippen LogP contribution in [-0.2, 0) is 18.9 Å². The fourth-order valence-corrected chi connectivity index (χ4v) is 3.92. The van der Waals surface area contributed by atoms with E-state index in [2.05, 4.69) is 17.5 Å². The van der Waals surface area contributed by atoms with Gasteiger partial charge in [-0.05, 0) is 19.9 Å². The predicted molar refractivity (Wildman–Crippen MR) is 103 cm³/mol. The van der Waals surface area contributed by atoms with E-state index in [9.17, 15) is 4.39 Å². The smallest absolute Gasteiger partial charge is 0.114 e. The maximum absolute atomic E-state index is 13.3. The Balaban J connectivity index is 1.53. The molecule has 2 aliphatic rings. The van der Waals surface area contributed by atoms with Gasteiger partial charge in [0.15, 0.2) is 0 Å². The molecule has 6 nitrogen and oxygen atoms in total. The Morgan fingerprint density at radius 1 is 1.12 bits per heavy atom. The van der Waals surface area contributed by atoms with Crippen LogP contribution in [0.1, 0.15) is 19.3 Å². The first-order valence-corrected chi connectivity index (χ1v) is 10.0. The van der Waals surface area contributed by atoms with Gasteiger partial charge >= 0.3 is 0 Å². The van der Waals surface area contributed by atoms with Gasteiger partial charge in [0, 0.05) is 59.0 Å². The number of alkyl halides is 1. The van der Waals surface area contributed by atoms with Crippen LogP contribution in [0.25, 0.3) is 0 Å². The van der Waals surface area contributed by atoms with Gasteiger partial charge in [-0.1, -0.05) is 0 Å². The van der Waals surface area contributed by atoms with Crippen LogP contribution < -0.4 is 0 Å². The first-order chi connectivity index (χ1) is 12.5. The molecule has 0 aromatic rings. The molecule has 2 heterocycles. The summed E-state index contributed by atoms with van der Waals surface area (Å²) in [6, 6.07) is 0.555.